The van der Waals surface area contributed by atoms with E-state index >= 15 is 0 Å². The van der Waals surface area contributed by atoms with Gasteiger partial charge in [-0.05, 0) is 51.2 Å². The molecular weight excluding hydrogens is 510 g/mol. The molecule has 0 saturated carbocycles. The number of aromatic nitrogens is 2. The minimum absolute atomic E-state index is 0.0780. The number of aliphatic hydroxyl groups excluding tert-OH is 1. The Hall–Kier alpha value is -2.31. The monoisotopic (exact) mass is 549 g/mol. The number of alkyl halides is 1. The highest BCUT2D eigenvalue weighted by Gasteiger charge is 2.32. The SMILES string of the molecule is CCCC(CCC)C(=O)Nc1ccn([C@@H](C)OC(CO[P+](=O)N[C@@H](C)C(=O)OC(C)C)C(O)F)c(=O)n1. The number of halogens is 1. The quantitative estimate of drug-likeness (QED) is 0.195. The van der Waals surface area contributed by atoms with Crippen molar-refractivity contribution in [3.05, 3.63) is 22.7 Å². The molecule has 0 spiro atoms. The molecule has 1 heterocycles. The molecule has 1 aromatic heterocycles. The van der Waals surface area contributed by atoms with Gasteiger partial charge >= 0.3 is 19.8 Å². The summed E-state index contributed by atoms with van der Waals surface area (Å²) in [5.41, 5.74) is -0.772. The Morgan fingerprint density at radius 3 is 2.32 bits per heavy atom. The summed E-state index contributed by atoms with van der Waals surface area (Å²) in [6.07, 6.45) is -1.13. The van der Waals surface area contributed by atoms with E-state index in [2.05, 4.69) is 15.4 Å². The van der Waals surface area contributed by atoms with Gasteiger partial charge in [-0.1, -0.05) is 31.8 Å². The Labute approximate surface area is 217 Å². The summed E-state index contributed by atoms with van der Waals surface area (Å²) >= 11 is 0. The average molecular weight is 550 g/mol. The molecule has 3 unspecified atom stereocenters. The second-order valence-corrected chi connectivity index (χ2v) is 9.83. The zero-order chi connectivity index (χ0) is 28.1. The molecule has 0 aliphatic carbocycles. The first-order chi connectivity index (χ1) is 17.4. The highest BCUT2D eigenvalue weighted by Crippen LogP contribution is 2.22. The Bertz CT molecular complexity index is 940. The van der Waals surface area contributed by atoms with Gasteiger partial charge in [-0.3, -0.25) is 14.2 Å². The summed E-state index contributed by atoms with van der Waals surface area (Å²) in [5.74, 6) is -0.969. The van der Waals surface area contributed by atoms with Crippen molar-refractivity contribution < 1.29 is 37.6 Å². The van der Waals surface area contributed by atoms with E-state index in [1.54, 1.807) is 13.8 Å². The molecule has 0 aliphatic rings. The molecule has 0 saturated heterocycles. The Balaban J connectivity index is 2.75. The third-order valence-corrected chi connectivity index (χ3v) is 6.14. The molecule has 37 heavy (non-hydrogen) atoms. The minimum Gasteiger partial charge on any atom is -0.462 e. The number of hydrogen-bond donors (Lipinski definition) is 3. The number of esters is 1. The smallest absolute Gasteiger partial charge is 0.462 e. The number of aliphatic hydroxyl groups is 1. The molecule has 1 aromatic rings. The largest absolute Gasteiger partial charge is 0.613 e. The van der Waals surface area contributed by atoms with Gasteiger partial charge in [0.15, 0.2) is 0 Å². The molecule has 5 atom stereocenters. The summed E-state index contributed by atoms with van der Waals surface area (Å²) < 4.78 is 42.2. The fourth-order valence-corrected chi connectivity index (χ4v) is 4.09. The van der Waals surface area contributed by atoms with Gasteiger partial charge < -0.3 is 19.9 Å². The predicted molar refractivity (Wildman–Crippen MR) is 135 cm³/mol. The summed E-state index contributed by atoms with van der Waals surface area (Å²) in [4.78, 5) is 40.6. The van der Waals surface area contributed by atoms with E-state index in [-0.39, 0.29) is 23.7 Å². The number of nitrogens with one attached hydrogen (secondary N) is 2. The van der Waals surface area contributed by atoms with Gasteiger partial charge in [0.2, 0.25) is 12.3 Å². The molecular formula is C23H39FN4O8P+. The number of hydrogen-bond acceptors (Lipinski definition) is 9. The van der Waals surface area contributed by atoms with Crippen LogP contribution in [-0.2, 0) is 28.2 Å². The van der Waals surface area contributed by atoms with Crippen molar-refractivity contribution in [3.63, 3.8) is 0 Å². The minimum atomic E-state index is -2.62. The zero-order valence-electron chi connectivity index (χ0n) is 22.2. The summed E-state index contributed by atoms with van der Waals surface area (Å²) in [6, 6.07) is 0.451. The molecule has 0 radical (unpaired) electrons. The maximum absolute atomic E-state index is 13.7. The van der Waals surface area contributed by atoms with E-state index in [0.717, 1.165) is 30.3 Å². The van der Waals surface area contributed by atoms with E-state index < -0.39 is 51.2 Å². The van der Waals surface area contributed by atoms with Crippen LogP contribution >= 0.6 is 8.18 Å². The Morgan fingerprint density at radius 1 is 1.19 bits per heavy atom. The van der Waals surface area contributed by atoms with Gasteiger partial charge in [-0.25, -0.2) is 9.18 Å². The van der Waals surface area contributed by atoms with E-state index in [1.807, 2.05) is 13.8 Å². The topological polar surface area (TPSA) is 158 Å². The fraction of sp³-hybridized carbons (Fsp3) is 0.739. The molecule has 0 aromatic carbocycles. The molecule has 0 bridgehead atoms. The lowest BCUT2D eigenvalue weighted by Gasteiger charge is -2.22. The number of carbonyl (C=O) groups excluding carboxylic acids is 2. The first-order valence-electron chi connectivity index (χ1n) is 12.3. The van der Waals surface area contributed by atoms with Crippen LogP contribution in [0.2, 0.25) is 0 Å². The van der Waals surface area contributed by atoms with Crippen molar-refractivity contribution in [1.29, 1.82) is 0 Å². The van der Waals surface area contributed by atoms with Crippen LogP contribution in [-0.4, -0.2) is 57.7 Å². The molecule has 1 amide bonds. The highest BCUT2D eigenvalue weighted by molar-refractivity contribution is 7.36. The van der Waals surface area contributed by atoms with Crippen LogP contribution in [0, 0.1) is 5.92 Å². The van der Waals surface area contributed by atoms with Gasteiger partial charge in [0.25, 0.3) is 0 Å². The van der Waals surface area contributed by atoms with Gasteiger partial charge in [0, 0.05) is 12.1 Å². The van der Waals surface area contributed by atoms with Gasteiger partial charge in [-0.15, -0.1) is 4.52 Å². The zero-order valence-corrected chi connectivity index (χ0v) is 23.1. The van der Waals surface area contributed by atoms with E-state index in [4.69, 9.17) is 14.0 Å². The van der Waals surface area contributed by atoms with Crippen LogP contribution in [0.4, 0.5) is 10.2 Å². The standard InChI is InChI=1S/C23H38FN4O8P/c1-7-9-17(10-8-2)21(30)25-19-11-12-28(23(32)26-19)16(6)36-18(20(24)29)13-34-37(33)27-15(5)22(31)35-14(3)4/h11-12,14-18,20,29H,7-10,13H2,1-6H3,(H-,25,26,27,30,32,33)/p+1/t15-,16+,18?,20?/m0/s1. The summed E-state index contributed by atoms with van der Waals surface area (Å²) in [7, 11) is -2.62. The lowest BCUT2D eigenvalue weighted by atomic mass is 9.97. The number of nitrogens with zero attached hydrogens (tertiary/aromatic N) is 2. The number of ether oxygens (including phenoxy) is 2. The molecule has 14 heteroatoms. The third kappa shape index (κ3) is 11.7. The van der Waals surface area contributed by atoms with E-state index in [0.29, 0.717) is 0 Å². The van der Waals surface area contributed by atoms with Crippen LogP contribution in [0.1, 0.15) is 73.5 Å². The van der Waals surface area contributed by atoms with E-state index in [9.17, 15) is 28.4 Å². The number of rotatable bonds is 17. The van der Waals surface area contributed by atoms with Gasteiger partial charge in [0.1, 0.15) is 30.8 Å². The van der Waals surface area contributed by atoms with Crippen LogP contribution in [0.3, 0.4) is 0 Å². The maximum Gasteiger partial charge on any atom is 0.613 e. The van der Waals surface area contributed by atoms with Crippen LogP contribution in [0.25, 0.3) is 0 Å². The van der Waals surface area contributed by atoms with Crippen LogP contribution in [0.5, 0.6) is 0 Å². The van der Waals surface area contributed by atoms with Crippen molar-refractivity contribution in [2.24, 2.45) is 5.92 Å². The number of anilines is 1. The van der Waals surface area contributed by atoms with Crippen molar-refractivity contribution in [2.45, 2.75) is 98.1 Å². The third-order valence-electron chi connectivity index (χ3n) is 5.16. The number of amides is 1. The van der Waals surface area contributed by atoms with Crippen molar-refractivity contribution >= 4 is 25.9 Å². The Kier molecular flexibility index (Phi) is 14.6. The molecule has 0 aliphatic heterocycles. The van der Waals surface area contributed by atoms with E-state index in [1.165, 1.54) is 26.1 Å². The first-order valence-corrected chi connectivity index (χ1v) is 13.5. The normalized spacial score (nSPS) is 15.2. The van der Waals surface area contributed by atoms with Crippen molar-refractivity contribution in [3.8, 4) is 0 Å². The van der Waals surface area contributed by atoms with Crippen molar-refractivity contribution in [2.75, 3.05) is 11.9 Å². The first kappa shape index (κ1) is 32.7. The molecule has 1 rings (SSSR count). The Morgan fingerprint density at radius 2 is 1.81 bits per heavy atom. The number of carbonyl (C=O) groups is 2. The lowest BCUT2D eigenvalue weighted by molar-refractivity contribution is -0.153. The average Bonchev–Trinajstić information content (AvgIpc) is 2.80. The van der Waals surface area contributed by atoms with Gasteiger partial charge in [-0.2, -0.15) is 4.98 Å². The highest BCUT2D eigenvalue weighted by atomic mass is 31.1. The second-order valence-electron chi connectivity index (χ2n) is 8.80. The summed E-state index contributed by atoms with van der Waals surface area (Å²) in [6.45, 7) is 9.48. The fourth-order valence-electron chi connectivity index (χ4n) is 3.32. The van der Waals surface area contributed by atoms with Gasteiger partial charge in [0.05, 0.1) is 6.10 Å². The van der Waals surface area contributed by atoms with Crippen LogP contribution < -0.4 is 16.1 Å². The molecule has 0 fully saturated rings. The predicted octanol–water partition coefficient (Wildman–Crippen LogP) is 3.19. The van der Waals surface area contributed by atoms with Crippen molar-refractivity contribution in [1.82, 2.24) is 14.6 Å². The lowest BCUT2D eigenvalue weighted by Crippen LogP contribution is -2.36. The molecule has 3 N–H and O–H groups in total. The molecule has 210 valence electrons. The second kappa shape index (κ2) is 16.5. The molecule has 12 nitrogen and oxygen atoms in total. The van der Waals surface area contributed by atoms with Crippen LogP contribution in [0.15, 0.2) is 17.1 Å². The maximum atomic E-state index is 13.7. The summed E-state index contributed by atoms with van der Waals surface area (Å²) in [5, 5.41) is 14.4.